The summed E-state index contributed by atoms with van der Waals surface area (Å²) in [5.74, 6) is 1.03. The molecule has 2 aromatic rings. The fourth-order valence-corrected chi connectivity index (χ4v) is 2.18. The molecule has 19 heavy (non-hydrogen) atoms. The topological polar surface area (TPSA) is 61.0 Å². The number of methoxy groups -OCH3 is 1. The van der Waals surface area contributed by atoms with Gasteiger partial charge in [0, 0.05) is 18.6 Å². The van der Waals surface area contributed by atoms with Crippen molar-refractivity contribution < 1.29 is 4.74 Å². The van der Waals surface area contributed by atoms with Gasteiger partial charge in [0.05, 0.1) is 16.8 Å². The average molecular weight is 343 g/mol. The fourth-order valence-electron chi connectivity index (χ4n) is 1.69. The highest BCUT2D eigenvalue weighted by Crippen LogP contribution is 2.23. The van der Waals surface area contributed by atoms with Crippen molar-refractivity contribution in [3.8, 4) is 0 Å². The zero-order chi connectivity index (χ0) is 13.8. The highest BCUT2D eigenvalue weighted by molar-refractivity contribution is 9.10. The zero-order valence-electron chi connectivity index (χ0n) is 10.4. The number of ether oxygens (including phenoxy) is 1. The van der Waals surface area contributed by atoms with E-state index in [2.05, 4.69) is 25.9 Å². The van der Waals surface area contributed by atoms with E-state index in [1.807, 2.05) is 24.3 Å². The molecule has 1 heterocycles. The second kappa shape index (κ2) is 6.32. The van der Waals surface area contributed by atoms with E-state index >= 15 is 0 Å². The van der Waals surface area contributed by atoms with E-state index in [0.717, 1.165) is 11.3 Å². The molecule has 0 unspecified atom stereocenters. The molecule has 6 heteroatoms. The van der Waals surface area contributed by atoms with Crippen LogP contribution in [0.3, 0.4) is 0 Å². The van der Waals surface area contributed by atoms with Crippen molar-refractivity contribution in [2.24, 2.45) is 0 Å². The molecule has 2 rings (SSSR count). The summed E-state index contributed by atoms with van der Waals surface area (Å²) in [6.45, 7) is 0.378. The van der Waals surface area contributed by atoms with Crippen LogP contribution in [0.25, 0.3) is 0 Å². The molecule has 2 N–H and O–H groups in total. The number of nitrogen functional groups attached to an aromatic ring is 1. The number of anilines is 1. The quantitative estimate of drug-likeness (QED) is 0.927. The van der Waals surface area contributed by atoms with Crippen molar-refractivity contribution in [2.45, 2.75) is 13.0 Å². The molecule has 0 amide bonds. The summed E-state index contributed by atoms with van der Waals surface area (Å²) in [7, 11) is 1.61. The molecule has 0 radical (unpaired) electrons. The van der Waals surface area contributed by atoms with E-state index in [1.54, 1.807) is 7.11 Å². The summed E-state index contributed by atoms with van der Waals surface area (Å²) in [6, 6.07) is 7.60. The van der Waals surface area contributed by atoms with Crippen molar-refractivity contribution in [3.63, 3.8) is 0 Å². The van der Waals surface area contributed by atoms with Gasteiger partial charge < -0.3 is 10.5 Å². The van der Waals surface area contributed by atoms with E-state index in [1.165, 1.54) is 0 Å². The minimum atomic E-state index is 0.378. The maximum atomic E-state index is 6.13. The van der Waals surface area contributed by atoms with E-state index in [0.29, 0.717) is 34.2 Å². The lowest BCUT2D eigenvalue weighted by Gasteiger charge is -2.09. The summed E-state index contributed by atoms with van der Waals surface area (Å²) >= 11 is 9.48. The predicted octanol–water partition coefficient (Wildman–Crippen LogP) is 3.21. The number of hydrogen-bond acceptors (Lipinski definition) is 4. The van der Waals surface area contributed by atoms with E-state index in [4.69, 9.17) is 22.1 Å². The van der Waals surface area contributed by atoms with E-state index < -0.39 is 0 Å². The lowest BCUT2D eigenvalue weighted by atomic mass is 10.1. The Morgan fingerprint density at radius 1 is 1.32 bits per heavy atom. The van der Waals surface area contributed by atoms with Crippen LogP contribution in [0.1, 0.15) is 17.1 Å². The van der Waals surface area contributed by atoms with E-state index in [-0.39, 0.29) is 0 Å². The predicted molar refractivity (Wildman–Crippen MR) is 79.1 cm³/mol. The number of benzene rings is 1. The van der Waals surface area contributed by atoms with Crippen LogP contribution < -0.4 is 5.73 Å². The first-order valence-corrected chi connectivity index (χ1v) is 6.82. The third kappa shape index (κ3) is 3.43. The largest absolute Gasteiger partial charge is 0.383 e. The number of nitrogens with zero attached hydrogens (tertiary/aromatic N) is 2. The third-order valence-electron chi connectivity index (χ3n) is 2.58. The molecule has 0 aliphatic heterocycles. The van der Waals surface area contributed by atoms with Crippen molar-refractivity contribution >= 4 is 33.3 Å². The highest BCUT2D eigenvalue weighted by atomic mass is 79.9. The van der Waals surface area contributed by atoms with Gasteiger partial charge in [0.1, 0.15) is 11.6 Å². The Hall–Kier alpha value is -1.17. The van der Waals surface area contributed by atoms with Crippen LogP contribution in [-0.2, 0) is 17.8 Å². The summed E-state index contributed by atoms with van der Waals surface area (Å²) < 4.78 is 5.77. The molecule has 1 aromatic carbocycles. The standard InChI is InChI=1S/C13H13BrClN3O/c1-19-7-10-12(14)13(16)18-11(17-10)6-8-4-2-3-5-9(8)15/h2-5H,6-7H2,1H3,(H2,16,17,18). The first-order chi connectivity index (χ1) is 9.11. The molecular weight excluding hydrogens is 330 g/mol. The van der Waals surface area contributed by atoms with Crippen LogP contribution in [0.2, 0.25) is 5.02 Å². The molecule has 0 aliphatic carbocycles. The molecule has 0 saturated carbocycles. The van der Waals surface area contributed by atoms with Crippen LogP contribution >= 0.6 is 27.5 Å². The summed E-state index contributed by atoms with van der Waals surface area (Å²) in [4.78, 5) is 8.70. The second-order valence-electron chi connectivity index (χ2n) is 3.99. The summed E-state index contributed by atoms with van der Waals surface area (Å²) in [5, 5.41) is 0.695. The van der Waals surface area contributed by atoms with E-state index in [9.17, 15) is 0 Å². The first-order valence-electron chi connectivity index (χ1n) is 5.65. The van der Waals surface area contributed by atoms with Gasteiger partial charge in [-0.3, -0.25) is 0 Å². The van der Waals surface area contributed by atoms with Gasteiger partial charge in [0.25, 0.3) is 0 Å². The normalized spacial score (nSPS) is 10.7. The number of aromatic nitrogens is 2. The summed E-state index contributed by atoms with van der Waals surface area (Å²) in [5.41, 5.74) is 7.56. The number of rotatable bonds is 4. The van der Waals surface area contributed by atoms with Gasteiger partial charge in [0.2, 0.25) is 0 Å². The molecule has 1 aromatic heterocycles. The van der Waals surface area contributed by atoms with Gasteiger partial charge in [-0.05, 0) is 27.6 Å². The number of nitrogens with two attached hydrogens (primary N) is 1. The number of hydrogen-bond donors (Lipinski definition) is 1. The van der Waals surface area contributed by atoms with Gasteiger partial charge >= 0.3 is 0 Å². The Bertz CT molecular complexity index is 592. The Labute approximate surface area is 125 Å². The fraction of sp³-hybridized carbons (Fsp3) is 0.231. The Kier molecular flexibility index (Phi) is 4.74. The molecule has 4 nitrogen and oxygen atoms in total. The minimum Gasteiger partial charge on any atom is -0.383 e. The van der Waals surface area contributed by atoms with Crippen molar-refractivity contribution in [3.05, 3.63) is 50.8 Å². The molecule has 0 bridgehead atoms. The average Bonchev–Trinajstić information content (AvgIpc) is 2.38. The second-order valence-corrected chi connectivity index (χ2v) is 5.19. The minimum absolute atomic E-state index is 0.378. The highest BCUT2D eigenvalue weighted by Gasteiger charge is 2.11. The monoisotopic (exact) mass is 341 g/mol. The summed E-state index contributed by atoms with van der Waals surface area (Å²) in [6.07, 6.45) is 0.536. The van der Waals surface area contributed by atoms with Crippen molar-refractivity contribution in [2.75, 3.05) is 12.8 Å². The zero-order valence-corrected chi connectivity index (χ0v) is 12.7. The third-order valence-corrected chi connectivity index (χ3v) is 3.81. The van der Waals surface area contributed by atoms with Crippen LogP contribution in [0, 0.1) is 0 Å². The van der Waals surface area contributed by atoms with Crippen molar-refractivity contribution in [1.29, 1.82) is 0 Å². The number of halogens is 2. The molecule has 0 saturated heterocycles. The molecule has 0 aliphatic rings. The molecule has 0 atom stereocenters. The van der Waals surface area contributed by atoms with Crippen molar-refractivity contribution in [1.82, 2.24) is 9.97 Å². The maximum Gasteiger partial charge on any atom is 0.141 e. The van der Waals surface area contributed by atoms with Crippen LogP contribution in [0.4, 0.5) is 5.82 Å². The van der Waals surface area contributed by atoms with Crippen LogP contribution in [0.15, 0.2) is 28.7 Å². The van der Waals surface area contributed by atoms with Crippen LogP contribution in [-0.4, -0.2) is 17.1 Å². The van der Waals surface area contributed by atoms with Gasteiger partial charge in [-0.2, -0.15) is 0 Å². The van der Waals surface area contributed by atoms with Gasteiger partial charge in [0.15, 0.2) is 0 Å². The first kappa shape index (κ1) is 14.2. The lowest BCUT2D eigenvalue weighted by molar-refractivity contribution is 0.180. The van der Waals surface area contributed by atoms with Gasteiger partial charge in [-0.25, -0.2) is 9.97 Å². The lowest BCUT2D eigenvalue weighted by Crippen LogP contribution is -2.07. The van der Waals surface area contributed by atoms with Gasteiger partial charge in [-0.1, -0.05) is 29.8 Å². The Balaban J connectivity index is 2.33. The molecular formula is C13H13BrClN3O. The molecule has 100 valence electrons. The smallest absolute Gasteiger partial charge is 0.141 e. The Morgan fingerprint density at radius 2 is 2.05 bits per heavy atom. The maximum absolute atomic E-state index is 6.13. The van der Waals surface area contributed by atoms with Crippen LogP contribution in [0.5, 0.6) is 0 Å². The molecule has 0 fully saturated rings. The Morgan fingerprint density at radius 3 is 2.74 bits per heavy atom. The van der Waals surface area contributed by atoms with Gasteiger partial charge in [-0.15, -0.1) is 0 Å². The molecule has 0 spiro atoms. The SMILES string of the molecule is COCc1nc(Cc2ccccc2Cl)nc(N)c1Br.